The molecule has 1 rings (SSSR count). The number of carboxylic acids is 1. The van der Waals surface area contributed by atoms with Gasteiger partial charge in [0.2, 0.25) is 0 Å². The summed E-state index contributed by atoms with van der Waals surface area (Å²) in [6.07, 6.45) is 0.156. The van der Waals surface area contributed by atoms with Crippen LogP contribution in [0, 0.1) is 12.7 Å². The molecular formula is C10H10ClFNO2. The zero-order valence-electron chi connectivity index (χ0n) is 7.84. The van der Waals surface area contributed by atoms with E-state index in [1.54, 1.807) is 0 Å². The molecule has 0 heterocycles. The number of aliphatic carboxylic acids is 1. The quantitative estimate of drug-likeness (QED) is 0.836. The molecule has 0 aromatic heterocycles. The normalized spacial score (nSPS) is 12.2. The van der Waals surface area contributed by atoms with E-state index in [9.17, 15) is 9.18 Å². The Morgan fingerprint density at radius 2 is 2.27 bits per heavy atom. The van der Waals surface area contributed by atoms with Crippen molar-refractivity contribution < 1.29 is 14.3 Å². The second-order valence-corrected chi connectivity index (χ2v) is 3.42. The molecule has 0 unspecified atom stereocenters. The third-order valence-corrected chi connectivity index (χ3v) is 2.01. The van der Waals surface area contributed by atoms with E-state index in [0.717, 1.165) is 6.07 Å². The summed E-state index contributed by atoms with van der Waals surface area (Å²) in [6.45, 7) is 3.48. The monoisotopic (exact) mass is 230 g/mol. The summed E-state index contributed by atoms with van der Waals surface area (Å²) in [5.74, 6) is -1.55. The van der Waals surface area contributed by atoms with Crippen LogP contribution in [-0.4, -0.2) is 17.1 Å². The molecular weight excluding hydrogens is 221 g/mol. The number of hydrogen-bond donors (Lipinski definition) is 2. The Balaban J connectivity index is 2.83. The third kappa shape index (κ3) is 3.40. The van der Waals surface area contributed by atoms with Crippen LogP contribution in [0.25, 0.3) is 0 Å². The van der Waals surface area contributed by atoms with Gasteiger partial charge in [-0.3, -0.25) is 0 Å². The first kappa shape index (κ1) is 11.8. The highest BCUT2D eigenvalue weighted by atomic mass is 35.5. The Morgan fingerprint density at radius 3 is 2.73 bits per heavy atom. The van der Waals surface area contributed by atoms with Gasteiger partial charge >= 0.3 is 5.97 Å². The summed E-state index contributed by atoms with van der Waals surface area (Å²) >= 11 is 5.61. The maximum Gasteiger partial charge on any atom is 0.326 e. The number of anilines is 1. The average molecular weight is 231 g/mol. The Hall–Kier alpha value is -1.29. The van der Waals surface area contributed by atoms with E-state index < -0.39 is 17.8 Å². The van der Waals surface area contributed by atoms with Crippen LogP contribution in [0.15, 0.2) is 18.2 Å². The van der Waals surface area contributed by atoms with E-state index in [2.05, 4.69) is 12.2 Å². The van der Waals surface area contributed by atoms with Crippen molar-refractivity contribution in [3.8, 4) is 0 Å². The van der Waals surface area contributed by atoms with E-state index in [1.807, 2.05) is 0 Å². The fourth-order valence-electron chi connectivity index (χ4n) is 1.10. The van der Waals surface area contributed by atoms with Crippen molar-refractivity contribution in [3.63, 3.8) is 0 Å². The average Bonchev–Trinajstić information content (AvgIpc) is 2.12. The van der Waals surface area contributed by atoms with E-state index in [0.29, 0.717) is 5.69 Å². The van der Waals surface area contributed by atoms with Gasteiger partial charge in [0.25, 0.3) is 0 Å². The molecule has 1 radical (unpaired) electrons. The first-order valence-corrected chi connectivity index (χ1v) is 4.65. The standard InChI is InChI=1S/C10H10ClFNO2/c1-2-9(10(14)15)13-8-4-6(11)3-7(12)5-8/h3-5,9,13H,1-2H2,(H,14,15)/t9-/m1/s1. The lowest BCUT2D eigenvalue weighted by Gasteiger charge is -2.13. The molecule has 0 aliphatic heterocycles. The molecule has 0 spiro atoms. The smallest absolute Gasteiger partial charge is 0.326 e. The fraction of sp³-hybridized carbons (Fsp3) is 0.200. The van der Waals surface area contributed by atoms with Crippen LogP contribution in [0.3, 0.4) is 0 Å². The lowest BCUT2D eigenvalue weighted by molar-refractivity contribution is -0.137. The SMILES string of the molecule is [CH2]C[C@@H](Nc1cc(F)cc(Cl)c1)C(=O)O. The summed E-state index contributed by atoms with van der Waals surface area (Å²) in [4.78, 5) is 10.7. The minimum atomic E-state index is -1.04. The Bertz CT molecular complexity index is 350. The highest BCUT2D eigenvalue weighted by Crippen LogP contribution is 2.19. The lowest BCUT2D eigenvalue weighted by atomic mass is 10.2. The van der Waals surface area contributed by atoms with Crippen LogP contribution in [0.4, 0.5) is 10.1 Å². The Labute approximate surface area is 91.9 Å². The van der Waals surface area contributed by atoms with E-state index in [1.165, 1.54) is 12.1 Å². The van der Waals surface area contributed by atoms with Gasteiger partial charge in [0.1, 0.15) is 11.9 Å². The van der Waals surface area contributed by atoms with Crippen molar-refractivity contribution >= 4 is 23.3 Å². The van der Waals surface area contributed by atoms with Crippen molar-refractivity contribution in [2.75, 3.05) is 5.32 Å². The van der Waals surface area contributed by atoms with E-state index in [4.69, 9.17) is 16.7 Å². The second-order valence-electron chi connectivity index (χ2n) is 2.98. The number of halogens is 2. The molecule has 1 atom stereocenters. The van der Waals surface area contributed by atoms with Crippen LogP contribution in [0.1, 0.15) is 6.42 Å². The van der Waals surface area contributed by atoms with Crippen LogP contribution in [0.2, 0.25) is 5.02 Å². The topological polar surface area (TPSA) is 49.3 Å². The molecule has 81 valence electrons. The number of rotatable bonds is 4. The number of benzene rings is 1. The number of carboxylic acid groups (broad SMARTS) is 1. The molecule has 5 heteroatoms. The largest absolute Gasteiger partial charge is 0.480 e. The van der Waals surface area contributed by atoms with Crippen molar-refractivity contribution in [1.82, 2.24) is 0 Å². The molecule has 15 heavy (non-hydrogen) atoms. The van der Waals surface area contributed by atoms with Crippen molar-refractivity contribution in [2.45, 2.75) is 12.5 Å². The highest BCUT2D eigenvalue weighted by molar-refractivity contribution is 6.30. The predicted octanol–water partition coefficient (Wildman–Crippen LogP) is 2.57. The highest BCUT2D eigenvalue weighted by Gasteiger charge is 2.14. The van der Waals surface area contributed by atoms with Crippen LogP contribution in [0.5, 0.6) is 0 Å². The van der Waals surface area contributed by atoms with Gasteiger partial charge in [-0.05, 0) is 24.6 Å². The molecule has 0 aliphatic carbocycles. The van der Waals surface area contributed by atoms with E-state index >= 15 is 0 Å². The maximum absolute atomic E-state index is 12.9. The molecule has 3 nitrogen and oxygen atoms in total. The van der Waals surface area contributed by atoms with Crippen LogP contribution < -0.4 is 5.32 Å². The molecule has 0 saturated carbocycles. The minimum absolute atomic E-state index is 0.156. The van der Waals surface area contributed by atoms with Gasteiger partial charge < -0.3 is 10.4 Å². The molecule has 2 N–H and O–H groups in total. The Morgan fingerprint density at radius 1 is 1.60 bits per heavy atom. The summed E-state index contributed by atoms with van der Waals surface area (Å²) in [6, 6.07) is 2.93. The van der Waals surface area contributed by atoms with Crippen molar-refractivity contribution in [3.05, 3.63) is 36.0 Å². The molecule has 0 amide bonds. The summed E-state index contributed by atoms with van der Waals surface area (Å²) < 4.78 is 12.9. The lowest BCUT2D eigenvalue weighted by Crippen LogP contribution is -2.28. The summed E-state index contributed by atoms with van der Waals surface area (Å²) in [7, 11) is 0. The summed E-state index contributed by atoms with van der Waals surface area (Å²) in [5, 5.41) is 11.6. The Kier molecular flexibility index (Phi) is 3.91. The number of nitrogens with one attached hydrogen (secondary N) is 1. The second kappa shape index (κ2) is 4.98. The van der Waals surface area contributed by atoms with Gasteiger partial charge in [0.05, 0.1) is 0 Å². The third-order valence-electron chi connectivity index (χ3n) is 1.79. The van der Waals surface area contributed by atoms with Gasteiger partial charge in [-0.1, -0.05) is 18.5 Å². The molecule has 0 aliphatic rings. The maximum atomic E-state index is 12.9. The predicted molar refractivity (Wildman–Crippen MR) is 56.4 cm³/mol. The molecule has 1 aromatic rings. The first-order valence-electron chi connectivity index (χ1n) is 4.27. The van der Waals surface area contributed by atoms with Gasteiger partial charge in [-0.15, -0.1) is 0 Å². The molecule has 0 bridgehead atoms. The van der Waals surface area contributed by atoms with Gasteiger partial charge in [0, 0.05) is 10.7 Å². The zero-order chi connectivity index (χ0) is 11.4. The molecule has 1 aromatic carbocycles. The number of carbonyl (C=O) groups is 1. The van der Waals surface area contributed by atoms with Crippen molar-refractivity contribution in [2.24, 2.45) is 0 Å². The summed E-state index contributed by atoms with van der Waals surface area (Å²) in [5.41, 5.74) is 0.330. The van der Waals surface area contributed by atoms with Crippen LogP contribution >= 0.6 is 11.6 Å². The van der Waals surface area contributed by atoms with Crippen molar-refractivity contribution in [1.29, 1.82) is 0 Å². The van der Waals surface area contributed by atoms with Gasteiger partial charge in [0.15, 0.2) is 0 Å². The molecule has 0 fully saturated rings. The number of hydrogen-bond acceptors (Lipinski definition) is 2. The van der Waals surface area contributed by atoms with Crippen LogP contribution in [-0.2, 0) is 4.79 Å². The van der Waals surface area contributed by atoms with Gasteiger partial charge in [-0.2, -0.15) is 0 Å². The minimum Gasteiger partial charge on any atom is -0.480 e. The van der Waals surface area contributed by atoms with Gasteiger partial charge in [-0.25, -0.2) is 9.18 Å². The molecule has 0 saturated heterocycles. The first-order chi connectivity index (χ1) is 7.02. The zero-order valence-corrected chi connectivity index (χ0v) is 8.59. The van der Waals surface area contributed by atoms with E-state index in [-0.39, 0.29) is 11.4 Å². The fourth-order valence-corrected chi connectivity index (χ4v) is 1.32.